The number of aryl methyl sites for hydroxylation is 1. The van der Waals surface area contributed by atoms with Crippen molar-refractivity contribution in [3.8, 4) is 0 Å². The molecule has 3 heterocycles. The maximum absolute atomic E-state index is 13.2. The Bertz CT molecular complexity index is 1290. The van der Waals surface area contributed by atoms with Crippen LogP contribution in [-0.4, -0.2) is 51.4 Å². The first-order chi connectivity index (χ1) is 16.8. The van der Waals surface area contributed by atoms with Crippen LogP contribution in [0.4, 0.5) is 13.2 Å². The van der Waals surface area contributed by atoms with Gasteiger partial charge in [0.2, 0.25) is 0 Å². The van der Waals surface area contributed by atoms with E-state index in [1.165, 1.54) is 12.1 Å². The van der Waals surface area contributed by atoms with Crippen molar-refractivity contribution in [3.05, 3.63) is 75.3 Å². The Morgan fingerprint density at radius 1 is 0.914 bits per heavy atom. The maximum Gasteiger partial charge on any atom is 0.416 e. The molecular weight excluding hydrogens is 457 g/mol. The van der Waals surface area contributed by atoms with Crippen LogP contribution in [0, 0.1) is 0 Å². The van der Waals surface area contributed by atoms with Gasteiger partial charge in [0, 0.05) is 51.3 Å². The predicted molar refractivity (Wildman–Crippen MR) is 126 cm³/mol. The average molecular weight is 485 g/mol. The van der Waals surface area contributed by atoms with Gasteiger partial charge in [-0.3, -0.25) is 19.1 Å². The third-order valence-corrected chi connectivity index (χ3v) is 6.91. The van der Waals surface area contributed by atoms with Crippen molar-refractivity contribution in [3.63, 3.8) is 0 Å². The quantitative estimate of drug-likeness (QED) is 0.562. The molecule has 0 saturated carbocycles. The number of rotatable bonds is 3. The summed E-state index contributed by atoms with van der Waals surface area (Å²) in [7, 11) is 0. The summed E-state index contributed by atoms with van der Waals surface area (Å²) >= 11 is 0. The summed E-state index contributed by atoms with van der Waals surface area (Å²) in [6.07, 6.45) is -0.512. The monoisotopic (exact) mass is 484 g/mol. The molecule has 35 heavy (non-hydrogen) atoms. The second-order valence-corrected chi connectivity index (χ2v) is 9.29. The number of fused-ring (bicyclic) bond motifs is 2. The van der Waals surface area contributed by atoms with Crippen LogP contribution in [0.25, 0.3) is 10.9 Å². The van der Waals surface area contributed by atoms with E-state index in [1.54, 1.807) is 27.7 Å². The van der Waals surface area contributed by atoms with Gasteiger partial charge in [0.15, 0.2) is 0 Å². The third-order valence-electron chi connectivity index (χ3n) is 6.91. The molecule has 0 atom stereocenters. The summed E-state index contributed by atoms with van der Waals surface area (Å²) in [6, 6.07) is 10.3. The van der Waals surface area contributed by atoms with Crippen LogP contribution in [0.1, 0.15) is 46.6 Å². The number of amides is 1. The zero-order valence-electron chi connectivity index (χ0n) is 19.4. The topological polar surface area (TPSA) is 58.4 Å². The predicted octanol–water partition coefficient (Wildman–Crippen LogP) is 4.10. The van der Waals surface area contributed by atoms with Crippen molar-refractivity contribution >= 4 is 16.8 Å². The van der Waals surface area contributed by atoms with Gasteiger partial charge in [-0.1, -0.05) is 18.6 Å². The first-order valence-electron chi connectivity index (χ1n) is 12.0. The number of piperazine rings is 1. The molecular formula is C26H27F3N4O2. The highest BCUT2D eigenvalue weighted by molar-refractivity contribution is 5.97. The summed E-state index contributed by atoms with van der Waals surface area (Å²) in [5.74, 6) is 0.694. The minimum atomic E-state index is -4.34. The summed E-state index contributed by atoms with van der Waals surface area (Å²) < 4.78 is 40.1. The second-order valence-electron chi connectivity index (χ2n) is 9.29. The fraction of sp³-hybridized carbons (Fsp3) is 0.423. The van der Waals surface area contributed by atoms with Gasteiger partial charge in [-0.05, 0) is 48.7 Å². The first-order valence-corrected chi connectivity index (χ1v) is 12.0. The highest BCUT2D eigenvalue weighted by Gasteiger charge is 2.30. The van der Waals surface area contributed by atoms with Gasteiger partial charge >= 0.3 is 6.18 Å². The lowest BCUT2D eigenvalue weighted by molar-refractivity contribution is -0.137. The number of carbonyl (C=O) groups excluding carboxylic acids is 1. The molecule has 0 radical (unpaired) electrons. The Kier molecular flexibility index (Phi) is 6.35. The van der Waals surface area contributed by atoms with Crippen molar-refractivity contribution in [1.29, 1.82) is 0 Å². The van der Waals surface area contributed by atoms with E-state index in [9.17, 15) is 22.8 Å². The normalized spacial score (nSPS) is 17.3. The van der Waals surface area contributed by atoms with Crippen molar-refractivity contribution in [2.75, 3.05) is 26.2 Å². The van der Waals surface area contributed by atoms with E-state index < -0.39 is 11.7 Å². The highest BCUT2D eigenvalue weighted by atomic mass is 19.4. The van der Waals surface area contributed by atoms with E-state index in [1.807, 2.05) is 0 Å². The number of halogens is 3. The lowest BCUT2D eigenvalue weighted by Crippen LogP contribution is -2.48. The first kappa shape index (κ1) is 23.5. The van der Waals surface area contributed by atoms with E-state index in [0.29, 0.717) is 55.7 Å². The maximum atomic E-state index is 13.2. The molecule has 1 fully saturated rings. The van der Waals surface area contributed by atoms with E-state index in [0.717, 1.165) is 49.2 Å². The molecule has 6 nitrogen and oxygen atoms in total. The average Bonchev–Trinajstić information content (AvgIpc) is 3.09. The van der Waals surface area contributed by atoms with Crippen LogP contribution in [-0.2, 0) is 25.7 Å². The summed E-state index contributed by atoms with van der Waals surface area (Å²) in [6.45, 7) is 3.54. The number of nitrogens with zero attached hydrogens (tertiary/aromatic N) is 4. The molecule has 3 aromatic rings. The van der Waals surface area contributed by atoms with Gasteiger partial charge in [-0.25, -0.2) is 4.98 Å². The number of aromatic nitrogens is 2. The van der Waals surface area contributed by atoms with Crippen LogP contribution >= 0.6 is 0 Å². The molecule has 2 aromatic carbocycles. The SMILES string of the molecule is O=C(c1ccc2c(=O)n3c(nc2c1)CCCCC3)N1CCN(Cc2ccc(C(F)(F)F)cc2)CC1. The fourth-order valence-electron chi connectivity index (χ4n) is 4.90. The number of hydrogen-bond acceptors (Lipinski definition) is 4. The molecule has 5 rings (SSSR count). The Hall–Kier alpha value is -3.20. The Morgan fingerprint density at radius 3 is 2.37 bits per heavy atom. The van der Waals surface area contributed by atoms with Crippen LogP contribution < -0.4 is 5.56 Å². The lowest BCUT2D eigenvalue weighted by atomic mass is 10.1. The van der Waals surface area contributed by atoms with Gasteiger partial charge in [0.25, 0.3) is 11.5 Å². The van der Waals surface area contributed by atoms with Crippen molar-refractivity contribution < 1.29 is 18.0 Å². The molecule has 1 aromatic heterocycles. The van der Waals surface area contributed by atoms with Crippen LogP contribution in [0.15, 0.2) is 47.3 Å². The Morgan fingerprint density at radius 2 is 1.66 bits per heavy atom. The molecule has 0 spiro atoms. The van der Waals surface area contributed by atoms with Gasteiger partial charge in [-0.15, -0.1) is 0 Å². The molecule has 2 aliphatic heterocycles. The standard InChI is InChI=1S/C26H27F3N4O2/c27-26(28,29)20-8-5-18(6-9-20)17-31-12-14-32(15-13-31)24(34)19-7-10-21-22(16-19)30-23-4-2-1-3-11-33(23)25(21)35/h5-10,16H,1-4,11-15,17H2. The number of alkyl halides is 3. The van der Waals surface area contributed by atoms with Crippen LogP contribution in [0.5, 0.6) is 0 Å². The molecule has 0 aliphatic carbocycles. The highest BCUT2D eigenvalue weighted by Crippen LogP contribution is 2.29. The van der Waals surface area contributed by atoms with Gasteiger partial charge in [0.05, 0.1) is 16.5 Å². The van der Waals surface area contributed by atoms with Gasteiger partial charge < -0.3 is 4.90 Å². The van der Waals surface area contributed by atoms with Crippen molar-refractivity contribution in [2.24, 2.45) is 0 Å². The van der Waals surface area contributed by atoms with Gasteiger partial charge in [0.1, 0.15) is 5.82 Å². The number of carbonyl (C=O) groups is 1. The van der Waals surface area contributed by atoms with Crippen LogP contribution in [0.3, 0.4) is 0 Å². The second kappa shape index (κ2) is 9.45. The number of benzene rings is 2. The lowest BCUT2D eigenvalue weighted by Gasteiger charge is -2.34. The van der Waals surface area contributed by atoms with E-state index >= 15 is 0 Å². The van der Waals surface area contributed by atoms with E-state index in [4.69, 9.17) is 4.98 Å². The van der Waals surface area contributed by atoms with Gasteiger partial charge in [-0.2, -0.15) is 13.2 Å². The fourth-order valence-corrected chi connectivity index (χ4v) is 4.90. The minimum Gasteiger partial charge on any atom is -0.336 e. The van der Waals surface area contributed by atoms with Crippen molar-refractivity contribution in [2.45, 2.75) is 44.9 Å². The summed E-state index contributed by atoms with van der Waals surface area (Å²) in [5.41, 5.74) is 1.20. The number of hydrogen-bond donors (Lipinski definition) is 0. The molecule has 0 bridgehead atoms. The zero-order chi connectivity index (χ0) is 24.6. The Labute approximate surface area is 201 Å². The largest absolute Gasteiger partial charge is 0.416 e. The van der Waals surface area contributed by atoms with E-state index in [2.05, 4.69) is 4.90 Å². The molecule has 0 unspecified atom stereocenters. The molecule has 2 aliphatic rings. The third kappa shape index (κ3) is 4.96. The zero-order valence-corrected chi connectivity index (χ0v) is 19.4. The van der Waals surface area contributed by atoms with E-state index in [-0.39, 0.29) is 11.5 Å². The summed E-state index contributed by atoms with van der Waals surface area (Å²) in [4.78, 5) is 34.7. The molecule has 1 amide bonds. The summed E-state index contributed by atoms with van der Waals surface area (Å²) in [5, 5.41) is 0.536. The molecule has 1 saturated heterocycles. The molecule has 0 N–H and O–H groups in total. The molecule has 184 valence electrons. The Balaban J connectivity index is 1.25. The smallest absolute Gasteiger partial charge is 0.336 e. The van der Waals surface area contributed by atoms with Crippen LogP contribution in [0.2, 0.25) is 0 Å². The molecule has 9 heteroatoms. The minimum absolute atomic E-state index is 0.0391. The van der Waals surface area contributed by atoms with Crippen molar-refractivity contribution in [1.82, 2.24) is 19.4 Å².